The molecule has 0 aliphatic heterocycles. The average Bonchev–Trinajstić information content (AvgIpc) is 2.85. The summed E-state index contributed by atoms with van der Waals surface area (Å²) in [7, 11) is 3.90. The van der Waals surface area contributed by atoms with Crippen molar-refractivity contribution < 1.29 is 9.21 Å². The van der Waals surface area contributed by atoms with Crippen LogP contribution in [0.5, 0.6) is 0 Å². The predicted octanol–water partition coefficient (Wildman–Crippen LogP) is 2.54. The van der Waals surface area contributed by atoms with Gasteiger partial charge < -0.3 is 14.1 Å². The fourth-order valence-corrected chi connectivity index (χ4v) is 1.66. The second-order valence-corrected chi connectivity index (χ2v) is 4.27. The van der Waals surface area contributed by atoms with Crippen LogP contribution in [0.3, 0.4) is 0 Å². The van der Waals surface area contributed by atoms with E-state index in [1.165, 1.54) is 0 Å². The second kappa shape index (κ2) is 5.49. The van der Waals surface area contributed by atoms with Gasteiger partial charge in [-0.05, 0) is 24.3 Å². The lowest BCUT2D eigenvalue weighted by Crippen LogP contribution is -2.09. The van der Waals surface area contributed by atoms with E-state index in [4.69, 9.17) is 4.42 Å². The lowest BCUT2D eigenvalue weighted by molar-refractivity contribution is -0.107. The number of furan rings is 1. The van der Waals surface area contributed by atoms with Gasteiger partial charge in [-0.3, -0.25) is 0 Å². The molecule has 0 radical (unpaired) electrons. The maximum Gasteiger partial charge on any atom is 0.135 e. The van der Waals surface area contributed by atoms with Crippen LogP contribution in [-0.2, 0) is 11.2 Å². The molecule has 0 saturated carbocycles. The van der Waals surface area contributed by atoms with Crippen LogP contribution in [0.25, 0.3) is 11.3 Å². The zero-order valence-corrected chi connectivity index (χ0v) is 10.6. The SMILES string of the molecule is CN(C)c1ccc(-c2ccc(CCC=O)o2)cn1. The lowest BCUT2D eigenvalue weighted by Gasteiger charge is -2.10. The van der Waals surface area contributed by atoms with Crippen LogP contribution in [0.1, 0.15) is 12.2 Å². The minimum atomic E-state index is 0.491. The second-order valence-electron chi connectivity index (χ2n) is 4.27. The summed E-state index contributed by atoms with van der Waals surface area (Å²) in [6.45, 7) is 0. The van der Waals surface area contributed by atoms with Crippen LogP contribution >= 0.6 is 0 Å². The Labute approximate surface area is 106 Å². The molecule has 0 aromatic carbocycles. The summed E-state index contributed by atoms with van der Waals surface area (Å²) in [5, 5.41) is 0. The van der Waals surface area contributed by atoms with E-state index in [1.807, 2.05) is 43.3 Å². The fourth-order valence-electron chi connectivity index (χ4n) is 1.66. The van der Waals surface area contributed by atoms with Crippen molar-refractivity contribution in [1.82, 2.24) is 4.98 Å². The number of nitrogens with zero attached hydrogens (tertiary/aromatic N) is 2. The molecule has 4 nitrogen and oxygen atoms in total. The number of anilines is 1. The van der Waals surface area contributed by atoms with Crippen molar-refractivity contribution in [3.05, 3.63) is 36.2 Å². The molecule has 2 aromatic heterocycles. The van der Waals surface area contributed by atoms with E-state index in [-0.39, 0.29) is 0 Å². The van der Waals surface area contributed by atoms with E-state index >= 15 is 0 Å². The molecule has 0 unspecified atom stereocenters. The first-order valence-electron chi connectivity index (χ1n) is 5.87. The van der Waals surface area contributed by atoms with Gasteiger partial charge in [0.2, 0.25) is 0 Å². The third-order valence-electron chi connectivity index (χ3n) is 2.66. The molecule has 2 rings (SSSR count). The smallest absolute Gasteiger partial charge is 0.135 e. The minimum Gasteiger partial charge on any atom is -0.461 e. The Bertz CT molecular complexity index is 515. The monoisotopic (exact) mass is 244 g/mol. The summed E-state index contributed by atoms with van der Waals surface area (Å²) >= 11 is 0. The van der Waals surface area contributed by atoms with Gasteiger partial charge in [0.1, 0.15) is 23.6 Å². The normalized spacial score (nSPS) is 10.3. The van der Waals surface area contributed by atoms with Gasteiger partial charge in [-0.15, -0.1) is 0 Å². The molecule has 94 valence electrons. The van der Waals surface area contributed by atoms with Gasteiger partial charge in [0.05, 0.1) is 0 Å². The van der Waals surface area contributed by atoms with Gasteiger partial charge in [-0.25, -0.2) is 4.98 Å². The van der Waals surface area contributed by atoms with Crippen LogP contribution in [0.15, 0.2) is 34.9 Å². The number of aldehydes is 1. The molecular weight excluding hydrogens is 228 g/mol. The maximum absolute atomic E-state index is 10.3. The summed E-state index contributed by atoms with van der Waals surface area (Å²) in [5.74, 6) is 2.52. The Morgan fingerprint density at radius 1 is 1.28 bits per heavy atom. The molecule has 4 heteroatoms. The van der Waals surface area contributed by atoms with Crippen LogP contribution < -0.4 is 4.90 Å². The summed E-state index contributed by atoms with van der Waals surface area (Å²) in [5.41, 5.74) is 0.943. The van der Waals surface area contributed by atoms with E-state index < -0.39 is 0 Å². The van der Waals surface area contributed by atoms with Crippen LogP contribution in [0.2, 0.25) is 0 Å². The first-order chi connectivity index (χ1) is 8.70. The highest BCUT2D eigenvalue weighted by atomic mass is 16.3. The molecule has 0 saturated heterocycles. The van der Waals surface area contributed by atoms with Crippen molar-refractivity contribution in [2.45, 2.75) is 12.8 Å². The molecule has 0 aliphatic carbocycles. The molecule has 0 amide bonds. The highest BCUT2D eigenvalue weighted by molar-refractivity contribution is 5.58. The number of hydrogen-bond acceptors (Lipinski definition) is 4. The Morgan fingerprint density at radius 2 is 2.11 bits per heavy atom. The summed E-state index contributed by atoms with van der Waals surface area (Å²) in [6, 6.07) is 7.73. The number of aromatic nitrogens is 1. The third kappa shape index (κ3) is 2.77. The minimum absolute atomic E-state index is 0.491. The van der Waals surface area contributed by atoms with Crippen molar-refractivity contribution in [3.63, 3.8) is 0 Å². The summed E-state index contributed by atoms with van der Waals surface area (Å²) in [6.07, 6.45) is 3.82. The fraction of sp³-hybridized carbons (Fsp3) is 0.286. The quantitative estimate of drug-likeness (QED) is 0.758. The van der Waals surface area contributed by atoms with Crippen LogP contribution in [0.4, 0.5) is 5.82 Å². The van der Waals surface area contributed by atoms with Gasteiger partial charge in [-0.2, -0.15) is 0 Å². The van der Waals surface area contributed by atoms with Gasteiger partial charge in [0.15, 0.2) is 0 Å². The first-order valence-corrected chi connectivity index (χ1v) is 5.87. The van der Waals surface area contributed by atoms with Crippen molar-refractivity contribution in [1.29, 1.82) is 0 Å². The van der Waals surface area contributed by atoms with E-state index in [0.29, 0.717) is 12.8 Å². The van der Waals surface area contributed by atoms with E-state index in [2.05, 4.69) is 4.98 Å². The molecular formula is C14H16N2O2. The van der Waals surface area contributed by atoms with Crippen molar-refractivity contribution in [2.24, 2.45) is 0 Å². The van der Waals surface area contributed by atoms with Crippen LogP contribution in [0, 0.1) is 0 Å². The summed E-state index contributed by atoms with van der Waals surface area (Å²) in [4.78, 5) is 16.6. The largest absolute Gasteiger partial charge is 0.461 e. The molecule has 0 N–H and O–H groups in total. The zero-order valence-electron chi connectivity index (χ0n) is 10.6. The Kier molecular flexibility index (Phi) is 3.77. The number of carbonyl (C=O) groups is 1. The van der Waals surface area contributed by atoms with Gasteiger partial charge in [0, 0.05) is 38.7 Å². The van der Waals surface area contributed by atoms with Crippen LogP contribution in [-0.4, -0.2) is 25.4 Å². The Hall–Kier alpha value is -2.10. The van der Waals surface area contributed by atoms with Gasteiger partial charge in [0.25, 0.3) is 0 Å². The molecule has 0 aliphatic rings. The number of pyridine rings is 1. The van der Waals surface area contributed by atoms with Crippen molar-refractivity contribution in [2.75, 3.05) is 19.0 Å². The topological polar surface area (TPSA) is 46.3 Å². The molecule has 0 bridgehead atoms. The standard InChI is InChI=1S/C14H16N2O2/c1-16(2)14-8-5-11(10-15-14)13-7-6-12(18-13)4-3-9-17/h5-10H,3-4H2,1-2H3. The van der Waals surface area contributed by atoms with E-state index in [0.717, 1.165) is 29.2 Å². The molecule has 0 atom stereocenters. The number of carbonyl (C=O) groups excluding carboxylic acids is 1. The first kappa shape index (κ1) is 12.4. The van der Waals surface area contributed by atoms with Crippen molar-refractivity contribution in [3.8, 4) is 11.3 Å². The third-order valence-corrected chi connectivity index (χ3v) is 2.66. The highest BCUT2D eigenvalue weighted by Crippen LogP contribution is 2.23. The molecule has 2 heterocycles. The van der Waals surface area contributed by atoms with Gasteiger partial charge in [-0.1, -0.05) is 0 Å². The van der Waals surface area contributed by atoms with Gasteiger partial charge >= 0.3 is 0 Å². The molecule has 18 heavy (non-hydrogen) atoms. The number of aryl methyl sites for hydroxylation is 1. The van der Waals surface area contributed by atoms with E-state index in [1.54, 1.807) is 6.20 Å². The lowest BCUT2D eigenvalue weighted by atomic mass is 10.2. The molecule has 0 fully saturated rings. The van der Waals surface area contributed by atoms with Crippen molar-refractivity contribution >= 4 is 12.1 Å². The summed E-state index contributed by atoms with van der Waals surface area (Å²) < 4.78 is 5.66. The predicted molar refractivity (Wildman–Crippen MR) is 70.7 cm³/mol. The molecule has 2 aromatic rings. The number of rotatable bonds is 5. The average molecular weight is 244 g/mol. The maximum atomic E-state index is 10.3. The Morgan fingerprint density at radius 3 is 2.72 bits per heavy atom. The van der Waals surface area contributed by atoms with E-state index in [9.17, 15) is 4.79 Å². The highest BCUT2D eigenvalue weighted by Gasteiger charge is 2.05. The Balaban J connectivity index is 2.15. The zero-order chi connectivity index (χ0) is 13.0. The molecule has 0 spiro atoms. The number of hydrogen-bond donors (Lipinski definition) is 0.